The molecule has 1 heterocycles. The van der Waals surface area contributed by atoms with E-state index in [2.05, 4.69) is 70.5 Å². The van der Waals surface area contributed by atoms with Crippen molar-refractivity contribution in [3.63, 3.8) is 0 Å². The predicted octanol–water partition coefficient (Wildman–Crippen LogP) is 5.30. The van der Waals surface area contributed by atoms with Gasteiger partial charge in [-0.25, -0.2) is 0 Å². The molecule has 2 aromatic carbocycles. The van der Waals surface area contributed by atoms with E-state index in [9.17, 15) is 9.59 Å². The summed E-state index contributed by atoms with van der Waals surface area (Å²) in [5.41, 5.74) is 8.48. The molecule has 6 heteroatoms. The molecule has 41 heavy (non-hydrogen) atoms. The molecule has 2 amide bonds. The first-order valence-corrected chi connectivity index (χ1v) is 16.1. The number of carbonyl (C=O) groups excluding carboxylic acids is 2. The van der Waals surface area contributed by atoms with Gasteiger partial charge in [-0.3, -0.25) is 14.5 Å². The van der Waals surface area contributed by atoms with Crippen LogP contribution in [0.5, 0.6) is 0 Å². The Hall–Kier alpha value is -2.70. The third kappa shape index (κ3) is 9.14. The second-order valence-electron chi connectivity index (χ2n) is 12.4. The van der Waals surface area contributed by atoms with Gasteiger partial charge in [0.15, 0.2) is 0 Å². The van der Waals surface area contributed by atoms with Crippen molar-refractivity contribution in [3.05, 3.63) is 71.8 Å². The number of aryl methyl sites for hydroxylation is 1. The normalized spacial score (nSPS) is 19.5. The molecular formula is C35H52N4O2. The average molecular weight is 561 g/mol. The molecule has 1 aliphatic carbocycles. The van der Waals surface area contributed by atoms with Crippen LogP contribution in [-0.4, -0.2) is 77.9 Å². The lowest BCUT2D eigenvalue weighted by atomic mass is 9.82. The third-order valence-corrected chi connectivity index (χ3v) is 9.53. The van der Waals surface area contributed by atoms with Gasteiger partial charge in [-0.05, 0) is 88.9 Å². The summed E-state index contributed by atoms with van der Waals surface area (Å²) in [7, 11) is 1.93. The van der Waals surface area contributed by atoms with Gasteiger partial charge >= 0.3 is 0 Å². The third-order valence-electron chi connectivity index (χ3n) is 9.53. The minimum atomic E-state index is -0.459. The van der Waals surface area contributed by atoms with Crippen LogP contribution in [0.25, 0.3) is 0 Å². The summed E-state index contributed by atoms with van der Waals surface area (Å²) in [5, 5.41) is 0. The van der Waals surface area contributed by atoms with Crippen LogP contribution in [0.4, 0.5) is 0 Å². The van der Waals surface area contributed by atoms with Gasteiger partial charge in [0, 0.05) is 25.7 Å². The van der Waals surface area contributed by atoms with Crippen LogP contribution in [0.15, 0.2) is 60.7 Å². The highest BCUT2D eigenvalue weighted by molar-refractivity contribution is 5.85. The number of rotatable bonds is 15. The number of likely N-dealkylation sites (N-methyl/N-ethyl adjacent to an activating group) is 1. The van der Waals surface area contributed by atoms with Crippen molar-refractivity contribution in [2.75, 3.05) is 33.2 Å². The Kier molecular flexibility index (Phi) is 12.2. The Morgan fingerprint density at radius 1 is 0.854 bits per heavy atom. The molecular weight excluding hydrogens is 508 g/mol. The monoisotopic (exact) mass is 560 g/mol. The molecule has 0 spiro atoms. The van der Waals surface area contributed by atoms with E-state index in [0.29, 0.717) is 0 Å². The van der Waals surface area contributed by atoms with E-state index < -0.39 is 6.04 Å². The van der Waals surface area contributed by atoms with Crippen LogP contribution < -0.4 is 5.73 Å². The summed E-state index contributed by atoms with van der Waals surface area (Å²) in [5.74, 6) is 0.139. The maximum Gasteiger partial charge on any atom is 0.240 e. The zero-order chi connectivity index (χ0) is 29.0. The number of unbranched alkanes of at least 4 members (excludes halogenated alkanes) is 1. The number of amides is 2. The number of benzene rings is 2. The van der Waals surface area contributed by atoms with Gasteiger partial charge in [0.25, 0.3) is 0 Å². The first-order valence-electron chi connectivity index (χ1n) is 16.1. The van der Waals surface area contributed by atoms with Crippen molar-refractivity contribution in [1.82, 2.24) is 14.7 Å². The summed E-state index contributed by atoms with van der Waals surface area (Å²) in [6.07, 6.45) is 12.2. The zero-order valence-corrected chi connectivity index (χ0v) is 25.4. The van der Waals surface area contributed by atoms with Crippen molar-refractivity contribution in [2.45, 2.75) is 95.7 Å². The number of primary amides is 1. The predicted molar refractivity (Wildman–Crippen MR) is 167 cm³/mol. The summed E-state index contributed by atoms with van der Waals surface area (Å²) in [6.45, 7) is 5.61. The maximum absolute atomic E-state index is 14.3. The smallest absolute Gasteiger partial charge is 0.240 e. The molecule has 2 N–H and O–H groups in total. The lowest BCUT2D eigenvalue weighted by molar-refractivity contribution is -0.142. The van der Waals surface area contributed by atoms with Crippen LogP contribution in [-0.2, 0) is 22.4 Å². The summed E-state index contributed by atoms with van der Waals surface area (Å²) < 4.78 is 0. The summed E-state index contributed by atoms with van der Waals surface area (Å²) in [4.78, 5) is 33.2. The number of hydrogen-bond donors (Lipinski definition) is 1. The SMILES string of the molecule is C[C@@H](C(N)=O)N(C)[C@H](C(=O)N1CCC[C@H]1CN(CCCCc1ccccc1)CCc1ccccc1)C1CCCCC1. The van der Waals surface area contributed by atoms with Gasteiger partial charge < -0.3 is 15.5 Å². The lowest BCUT2D eigenvalue weighted by Crippen LogP contribution is -2.58. The van der Waals surface area contributed by atoms with Crippen molar-refractivity contribution >= 4 is 11.8 Å². The van der Waals surface area contributed by atoms with Gasteiger partial charge in [0.05, 0.1) is 12.1 Å². The minimum Gasteiger partial charge on any atom is -0.368 e. The lowest BCUT2D eigenvalue weighted by Gasteiger charge is -2.41. The fourth-order valence-electron chi connectivity index (χ4n) is 6.92. The molecule has 1 saturated heterocycles. The Labute approximate surface area is 248 Å². The molecule has 3 atom stereocenters. The molecule has 2 aliphatic rings. The quantitative estimate of drug-likeness (QED) is 0.300. The van der Waals surface area contributed by atoms with Crippen LogP contribution in [0, 0.1) is 5.92 Å². The molecule has 1 aliphatic heterocycles. The second-order valence-corrected chi connectivity index (χ2v) is 12.4. The average Bonchev–Trinajstić information content (AvgIpc) is 3.47. The molecule has 224 valence electrons. The fourth-order valence-corrected chi connectivity index (χ4v) is 6.92. The summed E-state index contributed by atoms with van der Waals surface area (Å²) >= 11 is 0. The largest absolute Gasteiger partial charge is 0.368 e. The van der Waals surface area contributed by atoms with Gasteiger partial charge in [0.2, 0.25) is 11.8 Å². The van der Waals surface area contributed by atoms with Gasteiger partial charge in [-0.15, -0.1) is 0 Å². The number of nitrogens with two attached hydrogens (primary N) is 1. The standard InChI is InChI=1S/C35H52N4O2/c1-28(34(36)40)37(2)33(31-20-10-5-11-21-31)35(41)39-25-14-22-32(39)27-38(26-23-30-17-8-4-9-18-30)24-13-12-19-29-15-6-3-7-16-29/h3-4,6-9,15-18,28,31-33H,5,10-14,19-27H2,1-2H3,(H2,36,40)/t28-,32-,33-/m0/s1. The van der Waals surface area contributed by atoms with E-state index in [1.54, 1.807) is 0 Å². The van der Waals surface area contributed by atoms with E-state index in [1.807, 2.05) is 18.9 Å². The second kappa shape index (κ2) is 16.1. The number of hydrogen-bond acceptors (Lipinski definition) is 4. The first kappa shape index (κ1) is 31.2. The van der Waals surface area contributed by atoms with E-state index in [-0.39, 0.29) is 29.8 Å². The topological polar surface area (TPSA) is 69.9 Å². The highest BCUT2D eigenvalue weighted by atomic mass is 16.2. The van der Waals surface area contributed by atoms with Gasteiger partial charge in [-0.2, -0.15) is 0 Å². The molecule has 2 fully saturated rings. The van der Waals surface area contributed by atoms with Gasteiger partial charge in [-0.1, -0.05) is 79.9 Å². The zero-order valence-electron chi connectivity index (χ0n) is 25.4. The Morgan fingerprint density at radius 2 is 1.49 bits per heavy atom. The van der Waals surface area contributed by atoms with E-state index >= 15 is 0 Å². The molecule has 6 nitrogen and oxygen atoms in total. The Morgan fingerprint density at radius 3 is 2.12 bits per heavy atom. The molecule has 0 aromatic heterocycles. The maximum atomic E-state index is 14.3. The number of carbonyl (C=O) groups is 2. The molecule has 4 rings (SSSR count). The molecule has 0 bridgehead atoms. The Balaban J connectivity index is 1.43. The van der Waals surface area contributed by atoms with Crippen molar-refractivity contribution in [2.24, 2.45) is 11.7 Å². The number of likely N-dealkylation sites (tertiary alicyclic amines) is 1. The Bertz CT molecular complexity index is 1060. The fraction of sp³-hybridized carbons (Fsp3) is 0.600. The van der Waals surface area contributed by atoms with Crippen molar-refractivity contribution < 1.29 is 9.59 Å². The number of nitrogens with zero attached hydrogens (tertiary/aromatic N) is 3. The van der Waals surface area contributed by atoms with Crippen LogP contribution >= 0.6 is 0 Å². The van der Waals surface area contributed by atoms with Gasteiger partial charge in [0.1, 0.15) is 0 Å². The molecule has 0 unspecified atom stereocenters. The molecule has 1 saturated carbocycles. The van der Waals surface area contributed by atoms with Crippen LogP contribution in [0.3, 0.4) is 0 Å². The van der Waals surface area contributed by atoms with E-state index in [0.717, 1.165) is 84.0 Å². The highest BCUT2D eigenvalue weighted by Gasteiger charge is 2.41. The first-order chi connectivity index (χ1) is 19.9. The van der Waals surface area contributed by atoms with E-state index in [1.165, 1.54) is 24.0 Å². The minimum absolute atomic E-state index is 0.210. The summed E-state index contributed by atoms with van der Waals surface area (Å²) in [6, 6.07) is 21.0. The van der Waals surface area contributed by atoms with Crippen LogP contribution in [0.1, 0.15) is 75.8 Å². The van der Waals surface area contributed by atoms with Crippen molar-refractivity contribution in [1.29, 1.82) is 0 Å². The molecule has 2 aromatic rings. The van der Waals surface area contributed by atoms with E-state index in [4.69, 9.17) is 5.73 Å². The van der Waals surface area contributed by atoms with Crippen LogP contribution in [0.2, 0.25) is 0 Å². The molecule has 0 radical (unpaired) electrons. The van der Waals surface area contributed by atoms with Crippen molar-refractivity contribution in [3.8, 4) is 0 Å². The highest BCUT2D eigenvalue weighted by Crippen LogP contribution is 2.32.